The number of likely N-dealkylation sites (tertiary alicyclic amines) is 1. The van der Waals surface area contributed by atoms with Crippen molar-refractivity contribution < 1.29 is 14.1 Å². The summed E-state index contributed by atoms with van der Waals surface area (Å²) in [6, 6.07) is 1.60. The summed E-state index contributed by atoms with van der Waals surface area (Å²) in [4.78, 5) is 16.0. The smallest absolute Gasteiger partial charge is 0.292 e. The van der Waals surface area contributed by atoms with Gasteiger partial charge in [0, 0.05) is 31.1 Å². The lowest BCUT2D eigenvalue weighted by Crippen LogP contribution is -2.59. The molecule has 0 radical (unpaired) electrons. The largest absolute Gasteiger partial charge is 0.376 e. The molecule has 6 heteroatoms. The second-order valence-electron chi connectivity index (χ2n) is 5.94. The first-order valence-corrected chi connectivity index (χ1v) is 6.54. The van der Waals surface area contributed by atoms with Crippen LogP contribution in [0.5, 0.6) is 0 Å². The summed E-state index contributed by atoms with van der Waals surface area (Å²) in [5.74, 6) is 0.248. The molecular weight excluding hydrogens is 246 g/mol. The highest BCUT2D eigenvalue weighted by molar-refractivity contribution is 5.92. The molecule has 2 saturated heterocycles. The minimum atomic E-state index is -0.0702. The molecule has 0 aromatic carbocycles. The lowest BCUT2D eigenvalue weighted by molar-refractivity contribution is -0.00427. The highest BCUT2D eigenvalue weighted by Crippen LogP contribution is 2.41. The summed E-state index contributed by atoms with van der Waals surface area (Å²) in [5.41, 5.74) is 0.163. The van der Waals surface area contributed by atoms with Crippen molar-refractivity contribution in [3.63, 3.8) is 0 Å². The van der Waals surface area contributed by atoms with Crippen LogP contribution >= 0.6 is 0 Å². The monoisotopic (exact) mass is 265 g/mol. The van der Waals surface area contributed by atoms with Gasteiger partial charge in [0.2, 0.25) is 5.76 Å². The third kappa shape index (κ3) is 2.37. The molecule has 2 aliphatic heterocycles. The molecule has 1 atom stereocenters. The van der Waals surface area contributed by atoms with Gasteiger partial charge < -0.3 is 19.1 Å². The summed E-state index contributed by atoms with van der Waals surface area (Å²) in [6.07, 6.45) is 2.82. The van der Waals surface area contributed by atoms with E-state index in [1.165, 1.54) is 6.20 Å². The maximum absolute atomic E-state index is 12.0. The van der Waals surface area contributed by atoms with Crippen molar-refractivity contribution in [3.8, 4) is 0 Å². The van der Waals surface area contributed by atoms with Gasteiger partial charge in [-0.2, -0.15) is 0 Å². The Balaban J connectivity index is 1.54. The molecule has 3 heterocycles. The van der Waals surface area contributed by atoms with E-state index in [9.17, 15) is 4.79 Å². The molecule has 2 fully saturated rings. The van der Waals surface area contributed by atoms with Gasteiger partial charge in [0.25, 0.3) is 5.91 Å². The number of amides is 1. The second kappa shape index (κ2) is 4.61. The Morgan fingerprint density at radius 1 is 1.58 bits per heavy atom. The van der Waals surface area contributed by atoms with Gasteiger partial charge in [0.05, 0.1) is 18.9 Å². The summed E-state index contributed by atoms with van der Waals surface area (Å²) in [5, 5.41) is 3.57. The van der Waals surface area contributed by atoms with Gasteiger partial charge in [0.15, 0.2) is 0 Å². The summed E-state index contributed by atoms with van der Waals surface area (Å²) < 4.78 is 10.7. The van der Waals surface area contributed by atoms with Crippen molar-refractivity contribution in [1.29, 1.82) is 0 Å². The Labute approximate surface area is 112 Å². The molecule has 6 nitrogen and oxygen atoms in total. The summed E-state index contributed by atoms with van der Waals surface area (Å²) in [6.45, 7) is 3.22. The first-order chi connectivity index (χ1) is 9.08. The van der Waals surface area contributed by atoms with Crippen LogP contribution in [0.2, 0.25) is 0 Å². The zero-order chi connectivity index (χ0) is 13.5. The van der Waals surface area contributed by atoms with Gasteiger partial charge >= 0.3 is 0 Å². The number of rotatable bonds is 3. The lowest BCUT2D eigenvalue weighted by Gasteiger charge is -2.46. The quantitative estimate of drug-likeness (QED) is 0.795. The molecular formula is C13H19N3O3. The lowest BCUT2D eigenvalue weighted by atomic mass is 9.77. The third-order valence-corrected chi connectivity index (χ3v) is 3.84. The Morgan fingerprint density at radius 2 is 2.37 bits per heavy atom. The van der Waals surface area contributed by atoms with E-state index in [0.29, 0.717) is 5.76 Å². The Hall–Kier alpha value is -1.40. The van der Waals surface area contributed by atoms with Crippen molar-refractivity contribution in [1.82, 2.24) is 15.0 Å². The van der Waals surface area contributed by atoms with Crippen LogP contribution in [0.1, 0.15) is 17.0 Å². The molecule has 0 N–H and O–H groups in total. The van der Waals surface area contributed by atoms with Crippen molar-refractivity contribution in [2.24, 2.45) is 5.41 Å². The third-order valence-electron chi connectivity index (χ3n) is 3.84. The van der Waals surface area contributed by atoms with Gasteiger partial charge in [-0.15, -0.1) is 0 Å². The number of aromatic nitrogens is 1. The molecule has 1 aromatic heterocycles. The van der Waals surface area contributed by atoms with Crippen molar-refractivity contribution in [3.05, 3.63) is 18.0 Å². The summed E-state index contributed by atoms with van der Waals surface area (Å²) >= 11 is 0. The number of ether oxygens (including phenoxy) is 1. The molecule has 1 spiro atoms. The molecule has 2 aliphatic rings. The van der Waals surface area contributed by atoms with E-state index < -0.39 is 0 Å². The molecule has 0 aliphatic carbocycles. The first kappa shape index (κ1) is 12.6. The average molecular weight is 265 g/mol. The van der Waals surface area contributed by atoms with Crippen LogP contribution in [0, 0.1) is 5.41 Å². The van der Waals surface area contributed by atoms with E-state index in [-0.39, 0.29) is 17.4 Å². The maximum atomic E-state index is 12.0. The average Bonchev–Trinajstić information content (AvgIpc) is 2.93. The van der Waals surface area contributed by atoms with E-state index in [4.69, 9.17) is 9.26 Å². The van der Waals surface area contributed by atoms with Crippen molar-refractivity contribution in [2.75, 3.05) is 40.3 Å². The van der Waals surface area contributed by atoms with E-state index >= 15 is 0 Å². The van der Waals surface area contributed by atoms with Gasteiger partial charge in [0.1, 0.15) is 0 Å². The maximum Gasteiger partial charge on any atom is 0.292 e. The van der Waals surface area contributed by atoms with Gasteiger partial charge in [-0.25, -0.2) is 0 Å². The normalized spacial score (nSPS) is 25.0. The Morgan fingerprint density at radius 3 is 3.00 bits per heavy atom. The predicted molar refractivity (Wildman–Crippen MR) is 67.8 cm³/mol. The van der Waals surface area contributed by atoms with Crippen molar-refractivity contribution >= 4 is 5.91 Å². The fourth-order valence-electron chi connectivity index (χ4n) is 3.03. The number of nitrogens with zero attached hydrogens (tertiary/aromatic N) is 3. The van der Waals surface area contributed by atoms with Crippen LogP contribution in [0.25, 0.3) is 0 Å². The molecule has 19 heavy (non-hydrogen) atoms. The van der Waals surface area contributed by atoms with Crippen LogP contribution in [0.3, 0.4) is 0 Å². The van der Waals surface area contributed by atoms with Gasteiger partial charge in [-0.3, -0.25) is 4.79 Å². The molecule has 3 rings (SSSR count). The number of likely N-dealkylation sites (N-methyl/N-ethyl adjacent to an activating group) is 1. The number of carbonyl (C=O) groups is 1. The standard InChI is InChI=1S/C13H19N3O3/c1-15(2)6-10-5-13(9-18-10)7-16(8-13)12(17)11-3-4-14-19-11/h3-4,10H,5-9H2,1-2H3/t10-/m1/s1. The van der Waals surface area contributed by atoms with Crippen molar-refractivity contribution in [2.45, 2.75) is 12.5 Å². The molecule has 1 aromatic rings. The summed E-state index contributed by atoms with van der Waals surface area (Å²) in [7, 11) is 4.10. The minimum Gasteiger partial charge on any atom is -0.376 e. The molecule has 0 unspecified atom stereocenters. The molecule has 0 saturated carbocycles. The van der Waals surface area contributed by atoms with Crippen LogP contribution in [-0.4, -0.2) is 67.3 Å². The van der Waals surface area contributed by atoms with E-state index in [1.54, 1.807) is 6.07 Å². The predicted octanol–water partition coefficient (Wildman–Crippen LogP) is 0.467. The Bertz CT molecular complexity index is 452. The zero-order valence-electron chi connectivity index (χ0n) is 11.3. The number of carbonyl (C=O) groups excluding carboxylic acids is 1. The van der Waals surface area contributed by atoms with E-state index in [2.05, 4.69) is 24.2 Å². The van der Waals surface area contributed by atoms with Crippen LogP contribution < -0.4 is 0 Å². The van der Waals surface area contributed by atoms with E-state index in [1.807, 2.05) is 4.90 Å². The SMILES string of the molecule is CN(C)C[C@H]1CC2(CO1)CN(C(=O)c1ccno1)C2. The second-order valence-corrected chi connectivity index (χ2v) is 5.94. The highest BCUT2D eigenvalue weighted by atomic mass is 16.5. The van der Waals surface area contributed by atoms with E-state index in [0.717, 1.165) is 32.7 Å². The van der Waals surface area contributed by atoms with Gasteiger partial charge in [-0.05, 0) is 20.5 Å². The molecule has 104 valence electrons. The molecule has 0 bridgehead atoms. The van der Waals surface area contributed by atoms with Crippen LogP contribution in [-0.2, 0) is 4.74 Å². The van der Waals surface area contributed by atoms with Gasteiger partial charge in [-0.1, -0.05) is 5.16 Å². The molecule has 1 amide bonds. The number of hydrogen-bond acceptors (Lipinski definition) is 5. The highest BCUT2D eigenvalue weighted by Gasteiger charge is 2.51. The fourth-order valence-corrected chi connectivity index (χ4v) is 3.03. The number of hydrogen-bond donors (Lipinski definition) is 0. The van der Waals surface area contributed by atoms with Crippen LogP contribution in [0.15, 0.2) is 16.8 Å². The first-order valence-electron chi connectivity index (χ1n) is 6.54. The zero-order valence-corrected chi connectivity index (χ0v) is 11.3. The topological polar surface area (TPSA) is 58.8 Å². The fraction of sp³-hybridized carbons (Fsp3) is 0.692. The van der Waals surface area contributed by atoms with Crippen LogP contribution in [0.4, 0.5) is 0 Å². The Kier molecular flexibility index (Phi) is 3.06. The minimum absolute atomic E-state index is 0.0702.